The molecule has 0 fully saturated rings. The molecule has 0 radical (unpaired) electrons. The Labute approximate surface area is 193 Å². The first-order chi connectivity index (χ1) is 15.3. The Morgan fingerprint density at radius 3 is 2.41 bits per heavy atom. The van der Waals surface area contributed by atoms with Crippen molar-refractivity contribution in [1.82, 2.24) is 0 Å². The van der Waals surface area contributed by atoms with Crippen molar-refractivity contribution in [1.29, 1.82) is 0 Å². The van der Waals surface area contributed by atoms with Gasteiger partial charge in [0, 0.05) is 23.4 Å². The molecule has 1 aromatic heterocycles. The molecule has 3 rings (SSSR count). The van der Waals surface area contributed by atoms with Gasteiger partial charge in [-0.25, -0.2) is 4.79 Å². The fourth-order valence-corrected chi connectivity index (χ4v) is 3.68. The van der Waals surface area contributed by atoms with Crippen molar-refractivity contribution in [2.45, 2.75) is 19.3 Å². The SMILES string of the molecule is CCOC(=O)C(CC(=O)c1ccc(Cl)c(Cl)c1)c1cc(=O)oc2c(OC)c(OC)ccc12. The molecule has 0 spiro atoms. The zero-order valence-corrected chi connectivity index (χ0v) is 19.1. The first-order valence-corrected chi connectivity index (χ1v) is 10.4. The molecule has 0 amide bonds. The van der Waals surface area contributed by atoms with Crippen LogP contribution in [-0.2, 0) is 9.53 Å². The minimum absolute atomic E-state index is 0.102. The number of ketones is 1. The number of carbonyl (C=O) groups is 2. The summed E-state index contributed by atoms with van der Waals surface area (Å²) in [6, 6.07) is 8.88. The van der Waals surface area contributed by atoms with E-state index in [0.29, 0.717) is 16.2 Å². The Kier molecular flexibility index (Phi) is 7.43. The van der Waals surface area contributed by atoms with Gasteiger partial charge in [-0.05, 0) is 42.8 Å². The summed E-state index contributed by atoms with van der Waals surface area (Å²) >= 11 is 12.0. The Bertz CT molecular complexity index is 1230. The van der Waals surface area contributed by atoms with Crippen molar-refractivity contribution in [3.05, 3.63) is 68.0 Å². The van der Waals surface area contributed by atoms with Crippen LogP contribution in [-0.4, -0.2) is 32.6 Å². The molecule has 0 aliphatic rings. The molecule has 1 atom stereocenters. The van der Waals surface area contributed by atoms with Gasteiger partial charge in [0.1, 0.15) is 0 Å². The van der Waals surface area contributed by atoms with Crippen molar-refractivity contribution >= 4 is 45.9 Å². The van der Waals surface area contributed by atoms with Crippen LogP contribution in [0, 0.1) is 0 Å². The highest BCUT2D eigenvalue weighted by molar-refractivity contribution is 6.42. The summed E-state index contributed by atoms with van der Waals surface area (Å²) in [5.74, 6) is -1.55. The second-order valence-corrected chi connectivity index (χ2v) is 7.57. The number of benzene rings is 2. The third kappa shape index (κ3) is 4.74. The molecular weight excluding hydrogens is 459 g/mol. The van der Waals surface area contributed by atoms with E-state index in [2.05, 4.69) is 0 Å². The molecule has 0 aliphatic carbocycles. The normalized spacial score (nSPS) is 11.8. The molecule has 9 heteroatoms. The van der Waals surface area contributed by atoms with Crippen LogP contribution in [0.2, 0.25) is 10.0 Å². The topological polar surface area (TPSA) is 92.0 Å². The second kappa shape index (κ2) is 10.1. The van der Waals surface area contributed by atoms with Crippen molar-refractivity contribution < 1.29 is 28.2 Å². The van der Waals surface area contributed by atoms with E-state index in [9.17, 15) is 14.4 Å². The molecule has 0 N–H and O–H groups in total. The Hall–Kier alpha value is -3.03. The summed E-state index contributed by atoms with van der Waals surface area (Å²) in [7, 11) is 2.85. The van der Waals surface area contributed by atoms with Crippen molar-refractivity contribution in [2.75, 3.05) is 20.8 Å². The summed E-state index contributed by atoms with van der Waals surface area (Å²) in [4.78, 5) is 38.2. The van der Waals surface area contributed by atoms with Crippen molar-refractivity contribution in [3.8, 4) is 11.5 Å². The number of rotatable bonds is 8. The second-order valence-electron chi connectivity index (χ2n) is 6.76. The molecule has 2 aromatic carbocycles. The summed E-state index contributed by atoms with van der Waals surface area (Å²) in [5, 5.41) is 0.938. The van der Waals surface area contributed by atoms with Crippen LogP contribution in [0.5, 0.6) is 11.5 Å². The smallest absolute Gasteiger partial charge is 0.336 e. The maximum atomic E-state index is 13.0. The molecular formula is C23H20Cl2O7. The lowest BCUT2D eigenvalue weighted by atomic mass is 9.89. The first kappa shape index (κ1) is 23.6. The standard InChI is InChI=1S/C23H20Cl2O7/c1-4-31-23(28)15(10-18(26)12-5-7-16(24)17(25)9-12)14-11-20(27)32-21-13(14)6-8-19(29-2)22(21)30-3/h5-9,11,15H,4,10H2,1-3H3. The van der Waals surface area contributed by atoms with Gasteiger partial charge in [0.25, 0.3) is 0 Å². The predicted molar refractivity (Wildman–Crippen MR) is 120 cm³/mol. The molecule has 1 unspecified atom stereocenters. The van der Waals surface area contributed by atoms with Crippen LogP contribution in [0.1, 0.15) is 35.2 Å². The number of fused-ring (bicyclic) bond motifs is 1. The molecule has 0 bridgehead atoms. The number of halogens is 2. The van der Waals surface area contributed by atoms with Crippen LogP contribution in [0.15, 0.2) is 45.6 Å². The van der Waals surface area contributed by atoms with Crippen LogP contribution >= 0.6 is 23.2 Å². The zero-order chi connectivity index (χ0) is 23.4. The van der Waals surface area contributed by atoms with Crippen molar-refractivity contribution in [3.63, 3.8) is 0 Å². The lowest BCUT2D eigenvalue weighted by Gasteiger charge is -2.18. The highest BCUT2D eigenvalue weighted by atomic mass is 35.5. The van der Waals surface area contributed by atoms with E-state index in [4.69, 9.17) is 41.8 Å². The van der Waals surface area contributed by atoms with Gasteiger partial charge in [0.05, 0.1) is 36.8 Å². The van der Waals surface area contributed by atoms with Gasteiger partial charge >= 0.3 is 11.6 Å². The van der Waals surface area contributed by atoms with Gasteiger partial charge in [-0.1, -0.05) is 23.2 Å². The molecule has 3 aromatic rings. The Morgan fingerprint density at radius 1 is 1.03 bits per heavy atom. The number of hydrogen-bond donors (Lipinski definition) is 0. The monoisotopic (exact) mass is 478 g/mol. The van der Waals surface area contributed by atoms with Gasteiger partial charge in [-0.15, -0.1) is 0 Å². The maximum Gasteiger partial charge on any atom is 0.336 e. The van der Waals surface area contributed by atoms with Gasteiger partial charge in [0.15, 0.2) is 17.1 Å². The van der Waals surface area contributed by atoms with E-state index < -0.39 is 17.5 Å². The number of methoxy groups -OCH3 is 2. The molecule has 32 heavy (non-hydrogen) atoms. The number of esters is 1. The van der Waals surface area contributed by atoms with Crippen LogP contribution in [0.3, 0.4) is 0 Å². The van der Waals surface area contributed by atoms with Crippen LogP contribution in [0.4, 0.5) is 0 Å². The molecule has 0 aliphatic heterocycles. The lowest BCUT2D eigenvalue weighted by Crippen LogP contribution is -2.21. The summed E-state index contributed by atoms with van der Waals surface area (Å²) in [6.07, 6.45) is -0.260. The molecule has 168 valence electrons. The van der Waals surface area contributed by atoms with Gasteiger partial charge in [-0.3, -0.25) is 9.59 Å². The number of hydrogen-bond acceptors (Lipinski definition) is 7. The van der Waals surface area contributed by atoms with E-state index in [1.54, 1.807) is 19.1 Å². The summed E-state index contributed by atoms with van der Waals surface area (Å²) in [5.41, 5.74) is -0.0507. The summed E-state index contributed by atoms with van der Waals surface area (Å²) in [6.45, 7) is 1.76. The lowest BCUT2D eigenvalue weighted by molar-refractivity contribution is -0.144. The van der Waals surface area contributed by atoms with E-state index in [0.717, 1.165) is 0 Å². The van der Waals surface area contributed by atoms with Crippen molar-refractivity contribution in [2.24, 2.45) is 0 Å². The van der Waals surface area contributed by atoms with Crippen LogP contribution < -0.4 is 15.1 Å². The quantitative estimate of drug-likeness (QED) is 0.254. The van der Waals surface area contributed by atoms with E-state index in [1.165, 1.54) is 38.5 Å². The minimum Gasteiger partial charge on any atom is -0.493 e. The Morgan fingerprint density at radius 2 is 1.78 bits per heavy atom. The molecule has 0 saturated heterocycles. The highest BCUT2D eigenvalue weighted by Gasteiger charge is 2.29. The average molecular weight is 479 g/mol. The third-order valence-electron chi connectivity index (χ3n) is 4.86. The zero-order valence-electron chi connectivity index (χ0n) is 17.6. The Balaban J connectivity index is 2.15. The van der Waals surface area contributed by atoms with E-state index >= 15 is 0 Å². The third-order valence-corrected chi connectivity index (χ3v) is 5.60. The van der Waals surface area contributed by atoms with Crippen LogP contribution in [0.25, 0.3) is 11.0 Å². The fourth-order valence-electron chi connectivity index (χ4n) is 3.39. The van der Waals surface area contributed by atoms with Gasteiger partial charge < -0.3 is 18.6 Å². The number of ether oxygens (including phenoxy) is 3. The number of carbonyl (C=O) groups excluding carboxylic acids is 2. The van der Waals surface area contributed by atoms with E-state index in [1.807, 2.05) is 0 Å². The fraction of sp³-hybridized carbons (Fsp3) is 0.261. The van der Waals surface area contributed by atoms with E-state index in [-0.39, 0.29) is 46.3 Å². The first-order valence-electron chi connectivity index (χ1n) is 9.64. The molecule has 1 heterocycles. The van der Waals surface area contributed by atoms with Gasteiger partial charge in [-0.2, -0.15) is 0 Å². The molecule has 0 saturated carbocycles. The number of Topliss-reactive ketones (excluding diaryl/α,β-unsaturated/α-hetero) is 1. The predicted octanol–water partition coefficient (Wildman–Crippen LogP) is 5.04. The minimum atomic E-state index is -1.07. The largest absolute Gasteiger partial charge is 0.493 e. The highest BCUT2D eigenvalue weighted by Crippen LogP contribution is 2.38. The van der Waals surface area contributed by atoms with Gasteiger partial charge in [0.2, 0.25) is 5.75 Å². The average Bonchev–Trinajstić information content (AvgIpc) is 2.77. The maximum absolute atomic E-state index is 13.0. The molecule has 7 nitrogen and oxygen atoms in total. The summed E-state index contributed by atoms with van der Waals surface area (Å²) < 4.78 is 21.2.